The molecule has 0 bridgehead atoms. The summed E-state index contributed by atoms with van der Waals surface area (Å²) in [6, 6.07) is 7.89. The molecule has 3 rings (SSSR count). The van der Waals surface area contributed by atoms with Gasteiger partial charge >= 0.3 is 0 Å². The van der Waals surface area contributed by atoms with Crippen molar-refractivity contribution in [1.29, 1.82) is 0 Å². The van der Waals surface area contributed by atoms with Crippen LogP contribution in [-0.4, -0.2) is 42.5 Å². The first kappa shape index (κ1) is 23.4. The minimum Gasteiger partial charge on any atom is -0.356 e. The molecule has 0 amide bonds. The van der Waals surface area contributed by atoms with Gasteiger partial charge in [0.2, 0.25) is 0 Å². The maximum absolute atomic E-state index is 6.04. The summed E-state index contributed by atoms with van der Waals surface area (Å²) in [6.45, 7) is 6.99. The molecule has 0 saturated carbocycles. The first-order valence-electron chi connectivity index (χ1n) is 9.44. The summed E-state index contributed by atoms with van der Waals surface area (Å²) in [7, 11) is 1.81. The Balaban J connectivity index is 0.00000280. The number of likely N-dealkylation sites (tertiary alicyclic amines) is 1. The van der Waals surface area contributed by atoms with Crippen LogP contribution in [0.5, 0.6) is 0 Å². The molecule has 1 aromatic heterocycles. The van der Waals surface area contributed by atoms with Crippen LogP contribution in [0.3, 0.4) is 0 Å². The Hall–Kier alpha value is -0.900. The highest BCUT2D eigenvalue weighted by Crippen LogP contribution is 2.19. The molecule has 0 aliphatic carbocycles. The fourth-order valence-electron chi connectivity index (χ4n) is 3.35. The Morgan fingerprint density at radius 2 is 2.11 bits per heavy atom. The number of nitrogens with zero attached hydrogens (tertiary/aromatic N) is 3. The highest BCUT2D eigenvalue weighted by Gasteiger charge is 2.20. The van der Waals surface area contributed by atoms with Crippen molar-refractivity contribution in [2.24, 2.45) is 10.9 Å². The number of piperidine rings is 1. The average Bonchev–Trinajstić information content (AvgIpc) is 3.08. The zero-order valence-electron chi connectivity index (χ0n) is 16.4. The standard InChI is InChI=1S/C20H28ClN5S.HI/c1-15-25-19(14-27-15)13-26-8-6-16(7-9-26)11-23-20(22-2)24-12-17-4-3-5-18(21)10-17;/h3-5,10,14,16H,6-9,11-13H2,1-2H3,(H2,22,23,24);1H. The summed E-state index contributed by atoms with van der Waals surface area (Å²) < 4.78 is 0. The van der Waals surface area contributed by atoms with Gasteiger partial charge in [-0.15, -0.1) is 35.3 Å². The molecular weight excluding hydrogens is 505 g/mol. The molecule has 0 radical (unpaired) electrons. The molecule has 1 saturated heterocycles. The number of nitrogens with one attached hydrogen (secondary N) is 2. The van der Waals surface area contributed by atoms with E-state index in [4.69, 9.17) is 11.6 Å². The van der Waals surface area contributed by atoms with Crippen molar-refractivity contribution >= 4 is 52.9 Å². The van der Waals surface area contributed by atoms with Gasteiger partial charge in [0, 0.05) is 37.1 Å². The minimum atomic E-state index is 0. The van der Waals surface area contributed by atoms with Crippen LogP contribution >= 0.6 is 46.9 Å². The van der Waals surface area contributed by atoms with Gasteiger partial charge in [-0.2, -0.15) is 0 Å². The Labute approximate surface area is 194 Å². The van der Waals surface area contributed by atoms with E-state index in [1.165, 1.54) is 18.5 Å². The van der Waals surface area contributed by atoms with E-state index < -0.39 is 0 Å². The van der Waals surface area contributed by atoms with Gasteiger partial charge in [-0.3, -0.25) is 9.89 Å². The van der Waals surface area contributed by atoms with Crippen LogP contribution in [0.2, 0.25) is 5.02 Å². The van der Waals surface area contributed by atoms with Crippen LogP contribution in [0.25, 0.3) is 0 Å². The van der Waals surface area contributed by atoms with Crippen LogP contribution in [0.4, 0.5) is 0 Å². The number of aliphatic imine (C=N–C) groups is 1. The average molecular weight is 534 g/mol. The number of thiazole rings is 1. The molecule has 1 fully saturated rings. The summed E-state index contributed by atoms with van der Waals surface area (Å²) in [6.07, 6.45) is 2.42. The van der Waals surface area contributed by atoms with Crippen molar-refractivity contribution < 1.29 is 0 Å². The smallest absolute Gasteiger partial charge is 0.191 e. The Bertz CT molecular complexity index is 759. The monoisotopic (exact) mass is 533 g/mol. The van der Waals surface area contributed by atoms with Gasteiger partial charge in [0.15, 0.2) is 5.96 Å². The third kappa shape index (κ3) is 7.50. The number of halogens is 2. The van der Waals surface area contributed by atoms with Crippen LogP contribution in [0.15, 0.2) is 34.6 Å². The maximum atomic E-state index is 6.04. The van der Waals surface area contributed by atoms with E-state index >= 15 is 0 Å². The topological polar surface area (TPSA) is 52.6 Å². The van der Waals surface area contributed by atoms with Gasteiger partial charge in [0.05, 0.1) is 10.7 Å². The third-order valence-corrected chi connectivity index (χ3v) is 5.95. The van der Waals surface area contributed by atoms with Crippen molar-refractivity contribution in [3.8, 4) is 0 Å². The van der Waals surface area contributed by atoms with Gasteiger partial charge in [-0.1, -0.05) is 23.7 Å². The van der Waals surface area contributed by atoms with Gasteiger partial charge in [0.1, 0.15) is 0 Å². The molecular formula is C20H29ClIN5S. The number of hydrogen-bond acceptors (Lipinski definition) is 4. The predicted molar refractivity (Wildman–Crippen MR) is 130 cm³/mol. The Morgan fingerprint density at radius 3 is 2.75 bits per heavy atom. The van der Waals surface area contributed by atoms with Crippen LogP contribution in [0.1, 0.15) is 29.1 Å². The van der Waals surface area contributed by atoms with E-state index in [9.17, 15) is 0 Å². The van der Waals surface area contributed by atoms with Crippen LogP contribution in [0, 0.1) is 12.8 Å². The van der Waals surface area contributed by atoms with Crippen molar-refractivity contribution in [3.05, 3.63) is 50.9 Å². The van der Waals surface area contributed by atoms with Gasteiger partial charge in [-0.25, -0.2) is 4.98 Å². The fraction of sp³-hybridized carbons (Fsp3) is 0.500. The zero-order chi connectivity index (χ0) is 19.1. The van der Waals surface area contributed by atoms with E-state index in [-0.39, 0.29) is 24.0 Å². The lowest BCUT2D eigenvalue weighted by molar-refractivity contribution is 0.176. The fourth-order valence-corrected chi connectivity index (χ4v) is 4.17. The highest BCUT2D eigenvalue weighted by atomic mass is 127. The summed E-state index contributed by atoms with van der Waals surface area (Å²) in [5.74, 6) is 1.53. The van der Waals surface area contributed by atoms with Gasteiger partial charge in [-0.05, 0) is 56.5 Å². The SMILES string of the molecule is CN=C(NCc1cccc(Cl)c1)NCC1CCN(Cc2csc(C)n2)CC1.I. The first-order valence-corrected chi connectivity index (χ1v) is 10.7. The number of benzene rings is 1. The van der Waals surface area contributed by atoms with Crippen molar-refractivity contribution in [3.63, 3.8) is 0 Å². The normalized spacial score (nSPS) is 15.9. The molecule has 5 nitrogen and oxygen atoms in total. The lowest BCUT2D eigenvalue weighted by Gasteiger charge is -2.31. The molecule has 28 heavy (non-hydrogen) atoms. The number of hydrogen-bond donors (Lipinski definition) is 2. The molecule has 2 heterocycles. The molecule has 2 aromatic rings. The van der Waals surface area contributed by atoms with Crippen LogP contribution < -0.4 is 10.6 Å². The molecule has 1 aromatic carbocycles. The lowest BCUT2D eigenvalue weighted by atomic mass is 9.97. The molecule has 0 unspecified atom stereocenters. The number of aryl methyl sites for hydroxylation is 1. The van der Waals surface area contributed by atoms with Gasteiger partial charge in [0.25, 0.3) is 0 Å². The van der Waals surface area contributed by atoms with Crippen molar-refractivity contribution in [2.75, 3.05) is 26.7 Å². The summed E-state index contributed by atoms with van der Waals surface area (Å²) in [5.41, 5.74) is 2.36. The molecule has 0 spiro atoms. The Morgan fingerprint density at radius 1 is 1.32 bits per heavy atom. The molecule has 2 N–H and O–H groups in total. The number of aromatic nitrogens is 1. The molecule has 0 atom stereocenters. The van der Waals surface area contributed by atoms with E-state index in [1.54, 1.807) is 11.3 Å². The summed E-state index contributed by atoms with van der Waals surface area (Å²) in [5, 5.41) is 10.9. The van der Waals surface area contributed by atoms with Crippen molar-refractivity contribution in [1.82, 2.24) is 20.5 Å². The van der Waals surface area contributed by atoms with E-state index in [2.05, 4.69) is 43.9 Å². The minimum absolute atomic E-state index is 0. The number of rotatable bonds is 6. The van der Waals surface area contributed by atoms with Crippen LogP contribution in [-0.2, 0) is 13.1 Å². The summed E-state index contributed by atoms with van der Waals surface area (Å²) in [4.78, 5) is 11.4. The van der Waals surface area contributed by atoms with E-state index in [0.717, 1.165) is 47.7 Å². The second-order valence-electron chi connectivity index (χ2n) is 7.01. The Kier molecular flexibility index (Phi) is 9.98. The second kappa shape index (κ2) is 11.9. The molecule has 1 aliphatic rings. The van der Waals surface area contributed by atoms with E-state index in [0.29, 0.717) is 12.5 Å². The zero-order valence-corrected chi connectivity index (χ0v) is 20.4. The second-order valence-corrected chi connectivity index (χ2v) is 8.51. The van der Waals surface area contributed by atoms with Gasteiger partial charge < -0.3 is 10.6 Å². The quantitative estimate of drug-likeness (QED) is 0.330. The molecule has 1 aliphatic heterocycles. The lowest BCUT2D eigenvalue weighted by Crippen LogP contribution is -2.42. The third-order valence-electron chi connectivity index (χ3n) is 4.89. The predicted octanol–water partition coefficient (Wildman–Crippen LogP) is 4.30. The molecule has 8 heteroatoms. The first-order chi connectivity index (χ1) is 13.1. The number of guanidine groups is 1. The largest absolute Gasteiger partial charge is 0.356 e. The molecule has 154 valence electrons. The highest BCUT2D eigenvalue weighted by molar-refractivity contribution is 14.0. The summed E-state index contributed by atoms with van der Waals surface area (Å²) >= 11 is 7.78. The van der Waals surface area contributed by atoms with E-state index in [1.807, 2.05) is 25.2 Å². The maximum Gasteiger partial charge on any atom is 0.191 e. The van der Waals surface area contributed by atoms with Crippen molar-refractivity contribution in [2.45, 2.75) is 32.9 Å².